The Morgan fingerprint density at radius 2 is 2.32 bits per heavy atom. The number of nitrogens with zero attached hydrogens (tertiary/aromatic N) is 2. The van der Waals surface area contributed by atoms with E-state index in [0.29, 0.717) is 5.56 Å². The number of carbonyl (C=O) groups is 1. The fourth-order valence-corrected chi connectivity index (χ4v) is 2.24. The molecule has 0 aliphatic rings. The topological polar surface area (TPSA) is 66.6 Å². The van der Waals surface area contributed by atoms with E-state index in [4.69, 9.17) is 0 Å². The average Bonchev–Trinajstić information content (AvgIpc) is 2.80. The lowest BCUT2D eigenvalue weighted by Crippen LogP contribution is -2.34. The second-order valence-corrected chi connectivity index (χ2v) is 5.58. The molecule has 2 rings (SSSR count). The van der Waals surface area contributed by atoms with Crippen molar-refractivity contribution in [2.24, 2.45) is 5.92 Å². The summed E-state index contributed by atoms with van der Waals surface area (Å²) in [5.74, 6) is -0.127. The highest BCUT2D eigenvalue weighted by molar-refractivity contribution is 9.10. The third kappa shape index (κ3) is 2.96. The smallest absolute Gasteiger partial charge is 0.255 e. The van der Waals surface area contributed by atoms with Crippen LogP contribution in [0.5, 0.6) is 0 Å². The normalized spacial score (nSPS) is 12.9. The molecular formula is C13H16BrN3O2. The van der Waals surface area contributed by atoms with E-state index < -0.39 is 6.10 Å². The quantitative estimate of drug-likeness (QED) is 0.901. The van der Waals surface area contributed by atoms with E-state index in [-0.39, 0.29) is 18.4 Å². The number of rotatable bonds is 4. The summed E-state index contributed by atoms with van der Waals surface area (Å²) in [6, 6.07) is 3.70. The molecule has 2 aromatic heterocycles. The molecule has 102 valence electrons. The predicted molar refractivity (Wildman–Crippen MR) is 76.1 cm³/mol. The summed E-state index contributed by atoms with van der Waals surface area (Å²) >= 11 is 3.41. The van der Waals surface area contributed by atoms with E-state index in [2.05, 4.69) is 26.3 Å². The van der Waals surface area contributed by atoms with Crippen LogP contribution in [-0.2, 0) is 0 Å². The number of nitrogens with one attached hydrogen (secondary N) is 1. The lowest BCUT2D eigenvalue weighted by Gasteiger charge is -2.14. The average molecular weight is 326 g/mol. The second-order valence-electron chi connectivity index (χ2n) is 4.73. The van der Waals surface area contributed by atoms with Gasteiger partial charge in [0.05, 0.1) is 23.4 Å². The van der Waals surface area contributed by atoms with E-state index in [9.17, 15) is 9.90 Å². The van der Waals surface area contributed by atoms with E-state index in [1.54, 1.807) is 10.7 Å². The van der Waals surface area contributed by atoms with E-state index in [0.717, 1.165) is 9.99 Å². The van der Waals surface area contributed by atoms with Crippen LogP contribution in [0.2, 0.25) is 0 Å². The lowest BCUT2D eigenvalue weighted by atomic mass is 10.1. The molecule has 0 aromatic carbocycles. The highest BCUT2D eigenvalue weighted by Gasteiger charge is 2.16. The minimum atomic E-state index is -0.547. The standard InChI is InChI=1S/C13H16BrN3O2/c1-8(2)11(18)7-15-13(19)9-6-16-17-5-3-4-10(14)12(9)17/h3-6,8,11,18H,7H2,1-2H3,(H,15,19). The number of fused-ring (bicyclic) bond motifs is 1. The number of hydrogen-bond acceptors (Lipinski definition) is 3. The summed E-state index contributed by atoms with van der Waals surface area (Å²) in [4.78, 5) is 12.1. The fourth-order valence-electron chi connectivity index (χ4n) is 1.70. The van der Waals surface area contributed by atoms with Crippen molar-refractivity contribution >= 4 is 27.4 Å². The molecule has 0 spiro atoms. The summed E-state index contributed by atoms with van der Waals surface area (Å²) < 4.78 is 2.44. The number of hydrogen-bond donors (Lipinski definition) is 2. The van der Waals surface area contributed by atoms with E-state index in [1.807, 2.05) is 26.0 Å². The van der Waals surface area contributed by atoms with Gasteiger partial charge in [0, 0.05) is 17.2 Å². The maximum atomic E-state index is 12.1. The van der Waals surface area contributed by atoms with Crippen LogP contribution in [0.25, 0.3) is 5.52 Å². The van der Waals surface area contributed by atoms with Crippen LogP contribution in [0.4, 0.5) is 0 Å². The first-order valence-corrected chi connectivity index (χ1v) is 6.88. The number of aromatic nitrogens is 2. The van der Waals surface area contributed by atoms with Crippen molar-refractivity contribution in [2.45, 2.75) is 20.0 Å². The Kier molecular flexibility index (Phi) is 4.21. The SMILES string of the molecule is CC(C)C(O)CNC(=O)c1cnn2cccc(Br)c12. The zero-order valence-corrected chi connectivity index (χ0v) is 12.4. The largest absolute Gasteiger partial charge is 0.391 e. The van der Waals surface area contributed by atoms with Gasteiger partial charge in [0.25, 0.3) is 5.91 Å². The molecular weight excluding hydrogens is 310 g/mol. The van der Waals surface area contributed by atoms with Crippen molar-refractivity contribution in [1.82, 2.24) is 14.9 Å². The molecule has 0 fully saturated rings. The van der Waals surface area contributed by atoms with Crippen LogP contribution in [-0.4, -0.2) is 33.3 Å². The van der Waals surface area contributed by atoms with Gasteiger partial charge in [-0.05, 0) is 34.0 Å². The van der Waals surface area contributed by atoms with Crippen LogP contribution >= 0.6 is 15.9 Å². The summed E-state index contributed by atoms with van der Waals surface area (Å²) in [6.45, 7) is 4.05. The molecule has 0 bridgehead atoms. The Morgan fingerprint density at radius 1 is 1.58 bits per heavy atom. The summed E-state index contributed by atoms with van der Waals surface area (Å²) in [7, 11) is 0. The lowest BCUT2D eigenvalue weighted by molar-refractivity contribution is 0.0873. The molecule has 6 heteroatoms. The summed E-state index contributed by atoms with van der Waals surface area (Å²) in [5, 5.41) is 16.5. The highest BCUT2D eigenvalue weighted by atomic mass is 79.9. The van der Waals surface area contributed by atoms with Crippen molar-refractivity contribution in [3.8, 4) is 0 Å². The number of carbonyl (C=O) groups excluding carboxylic acids is 1. The van der Waals surface area contributed by atoms with Gasteiger partial charge in [-0.2, -0.15) is 5.10 Å². The molecule has 2 aromatic rings. The van der Waals surface area contributed by atoms with Crippen LogP contribution in [0.1, 0.15) is 24.2 Å². The van der Waals surface area contributed by atoms with Gasteiger partial charge in [0.15, 0.2) is 0 Å². The van der Waals surface area contributed by atoms with E-state index >= 15 is 0 Å². The number of halogens is 1. The second kappa shape index (κ2) is 5.71. The van der Waals surface area contributed by atoms with E-state index in [1.165, 1.54) is 6.20 Å². The Bertz CT molecular complexity index is 595. The molecule has 2 heterocycles. The maximum Gasteiger partial charge on any atom is 0.255 e. The molecule has 0 aliphatic carbocycles. The molecule has 1 amide bonds. The van der Waals surface area contributed by atoms with Crippen molar-refractivity contribution in [3.05, 3.63) is 34.6 Å². The van der Waals surface area contributed by atoms with Crippen LogP contribution in [0.3, 0.4) is 0 Å². The number of aliphatic hydroxyl groups is 1. The number of pyridine rings is 1. The monoisotopic (exact) mass is 325 g/mol. The fraction of sp³-hybridized carbons (Fsp3) is 0.385. The van der Waals surface area contributed by atoms with Crippen LogP contribution in [0, 0.1) is 5.92 Å². The van der Waals surface area contributed by atoms with Gasteiger partial charge < -0.3 is 10.4 Å². The predicted octanol–water partition coefficient (Wildman–Crippen LogP) is 1.84. The van der Waals surface area contributed by atoms with Gasteiger partial charge in [0.1, 0.15) is 0 Å². The molecule has 0 saturated carbocycles. The first-order chi connectivity index (χ1) is 9.00. The number of aliphatic hydroxyl groups excluding tert-OH is 1. The van der Waals surface area contributed by atoms with Crippen LogP contribution < -0.4 is 5.32 Å². The molecule has 19 heavy (non-hydrogen) atoms. The van der Waals surface area contributed by atoms with Crippen molar-refractivity contribution in [3.63, 3.8) is 0 Å². The Balaban J connectivity index is 2.18. The minimum Gasteiger partial charge on any atom is -0.391 e. The Morgan fingerprint density at radius 3 is 3.00 bits per heavy atom. The van der Waals surface area contributed by atoms with Gasteiger partial charge in [-0.25, -0.2) is 4.52 Å². The van der Waals surface area contributed by atoms with Gasteiger partial charge in [0.2, 0.25) is 0 Å². The third-order valence-corrected chi connectivity index (χ3v) is 3.62. The van der Waals surface area contributed by atoms with Gasteiger partial charge in [-0.15, -0.1) is 0 Å². The summed E-state index contributed by atoms with van der Waals surface area (Å²) in [5.41, 5.74) is 1.21. The minimum absolute atomic E-state index is 0.107. The summed E-state index contributed by atoms with van der Waals surface area (Å²) in [6.07, 6.45) is 2.76. The first kappa shape index (κ1) is 14.0. The number of amides is 1. The molecule has 1 unspecified atom stereocenters. The van der Waals surface area contributed by atoms with Crippen molar-refractivity contribution in [2.75, 3.05) is 6.54 Å². The molecule has 0 aliphatic heterocycles. The zero-order valence-electron chi connectivity index (χ0n) is 10.8. The molecule has 1 atom stereocenters. The van der Waals surface area contributed by atoms with Crippen LogP contribution in [0.15, 0.2) is 29.0 Å². The molecule has 0 radical (unpaired) electrons. The molecule has 5 nitrogen and oxygen atoms in total. The van der Waals surface area contributed by atoms with Gasteiger partial charge in [-0.1, -0.05) is 13.8 Å². The molecule has 2 N–H and O–H groups in total. The molecule has 0 saturated heterocycles. The third-order valence-electron chi connectivity index (χ3n) is 2.98. The first-order valence-electron chi connectivity index (χ1n) is 6.09. The maximum absolute atomic E-state index is 12.1. The highest BCUT2D eigenvalue weighted by Crippen LogP contribution is 2.21. The zero-order chi connectivity index (χ0) is 14.0. The van der Waals surface area contributed by atoms with Gasteiger partial charge in [-0.3, -0.25) is 4.79 Å². The Hall–Kier alpha value is -1.40. The Labute approximate surface area is 119 Å². The van der Waals surface area contributed by atoms with Crippen molar-refractivity contribution < 1.29 is 9.90 Å². The van der Waals surface area contributed by atoms with Gasteiger partial charge >= 0.3 is 0 Å². The van der Waals surface area contributed by atoms with Crippen molar-refractivity contribution in [1.29, 1.82) is 0 Å².